The zero-order valence-corrected chi connectivity index (χ0v) is 17.4. The summed E-state index contributed by atoms with van der Waals surface area (Å²) in [7, 11) is 2.08. The normalized spacial score (nSPS) is 24.6. The molecule has 5 nitrogen and oxygen atoms in total. The van der Waals surface area contributed by atoms with Crippen molar-refractivity contribution in [3.63, 3.8) is 0 Å². The van der Waals surface area contributed by atoms with Crippen LogP contribution in [-0.4, -0.2) is 54.3 Å². The molecule has 0 spiro atoms. The van der Waals surface area contributed by atoms with Crippen LogP contribution in [0.15, 0.2) is 54.6 Å². The molecular formula is C23H26ClN3O2. The zero-order valence-electron chi connectivity index (χ0n) is 16.6. The first-order valence-electron chi connectivity index (χ1n) is 10.1. The highest BCUT2D eigenvalue weighted by molar-refractivity contribution is 6.30. The number of fused-ring (bicyclic) bond motifs is 1. The minimum absolute atomic E-state index is 0.0197. The molecule has 2 atom stereocenters. The monoisotopic (exact) mass is 411 g/mol. The minimum Gasteiger partial charge on any atom is -0.339 e. The molecule has 2 aromatic rings. The lowest BCUT2D eigenvalue weighted by atomic mass is 9.75. The Morgan fingerprint density at radius 3 is 2.55 bits per heavy atom. The van der Waals surface area contributed by atoms with Gasteiger partial charge in [0.1, 0.15) is 0 Å². The molecule has 2 fully saturated rings. The molecule has 0 aromatic heterocycles. The summed E-state index contributed by atoms with van der Waals surface area (Å²) in [6.45, 7) is 2.10. The van der Waals surface area contributed by atoms with E-state index < -0.39 is 5.41 Å². The Balaban J connectivity index is 1.55. The number of para-hydroxylation sites is 1. The number of carbonyl (C=O) groups excluding carboxylic acids is 2. The summed E-state index contributed by atoms with van der Waals surface area (Å²) in [5.41, 5.74) is 0.936. The molecule has 0 unspecified atom stereocenters. The molecule has 0 saturated carbocycles. The van der Waals surface area contributed by atoms with E-state index in [-0.39, 0.29) is 17.9 Å². The maximum absolute atomic E-state index is 13.4. The number of amides is 2. The quantitative estimate of drug-likeness (QED) is 0.833. The number of rotatable bonds is 3. The van der Waals surface area contributed by atoms with E-state index in [2.05, 4.69) is 17.3 Å². The van der Waals surface area contributed by atoms with Crippen molar-refractivity contribution >= 4 is 29.1 Å². The van der Waals surface area contributed by atoms with E-state index >= 15 is 0 Å². The number of benzene rings is 2. The molecule has 2 amide bonds. The summed E-state index contributed by atoms with van der Waals surface area (Å²) in [5, 5.41) is 3.68. The second-order valence-electron chi connectivity index (χ2n) is 8.06. The van der Waals surface area contributed by atoms with Gasteiger partial charge in [0.25, 0.3) is 5.91 Å². The molecule has 29 heavy (non-hydrogen) atoms. The highest BCUT2D eigenvalue weighted by Crippen LogP contribution is 2.44. The molecule has 6 heteroatoms. The lowest BCUT2D eigenvalue weighted by Crippen LogP contribution is -2.46. The number of nitrogens with one attached hydrogen (secondary N) is 1. The van der Waals surface area contributed by atoms with Gasteiger partial charge in [-0.1, -0.05) is 35.9 Å². The Morgan fingerprint density at radius 1 is 1.03 bits per heavy atom. The minimum atomic E-state index is -0.478. The molecule has 0 radical (unpaired) electrons. The number of hydrogen-bond donors (Lipinski definition) is 1. The molecule has 2 heterocycles. The van der Waals surface area contributed by atoms with Crippen LogP contribution >= 0.6 is 11.6 Å². The summed E-state index contributed by atoms with van der Waals surface area (Å²) in [6.07, 6.45) is 2.25. The predicted octanol–water partition coefficient (Wildman–Crippen LogP) is 3.91. The maximum atomic E-state index is 13.4. The van der Waals surface area contributed by atoms with Crippen LogP contribution < -0.4 is 5.32 Å². The smallest absolute Gasteiger partial charge is 0.253 e. The maximum Gasteiger partial charge on any atom is 0.253 e. The standard InChI is InChI=1S/C23H26ClN3O2/c1-26-14-11-23(22(29)25-19-8-3-2-4-9-19)12-15-27(13-10-20(23)26)21(28)17-6-5-7-18(24)16-17/h2-9,16,20H,10-15H2,1H3,(H,25,29)/t20-,23-/m1/s1. The lowest BCUT2D eigenvalue weighted by Gasteiger charge is -2.34. The van der Waals surface area contributed by atoms with Crippen LogP contribution in [0.2, 0.25) is 5.02 Å². The van der Waals surface area contributed by atoms with Gasteiger partial charge in [-0.2, -0.15) is 0 Å². The highest BCUT2D eigenvalue weighted by atomic mass is 35.5. The van der Waals surface area contributed by atoms with Gasteiger partial charge in [0, 0.05) is 35.4 Å². The van der Waals surface area contributed by atoms with Crippen molar-refractivity contribution < 1.29 is 9.59 Å². The Bertz CT molecular complexity index is 904. The van der Waals surface area contributed by atoms with E-state index in [1.54, 1.807) is 24.3 Å². The molecular weight excluding hydrogens is 386 g/mol. The number of likely N-dealkylation sites (tertiary alicyclic amines) is 2. The van der Waals surface area contributed by atoms with Crippen LogP contribution in [0.1, 0.15) is 29.6 Å². The molecule has 152 valence electrons. The number of halogens is 1. The van der Waals surface area contributed by atoms with Gasteiger partial charge in [-0.05, 0) is 63.2 Å². The van der Waals surface area contributed by atoms with Gasteiger partial charge in [0.15, 0.2) is 0 Å². The zero-order chi connectivity index (χ0) is 20.4. The van der Waals surface area contributed by atoms with Crippen molar-refractivity contribution in [2.45, 2.75) is 25.3 Å². The first-order valence-corrected chi connectivity index (χ1v) is 10.5. The van der Waals surface area contributed by atoms with Crippen LogP contribution in [0.5, 0.6) is 0 Å². The third-order valence-electron chi connectivity index (χ3n) is 6.42. The average molecular weight is 412 g/mol. The topological polar surface area (TPSA) is 52.7 Å². The Morgan fingerprint density at radius 2 is 1.79 bits per heavy atom. The van der Waals surface area contributed by atoms with Crippen molar-refractivity contribution in [1.82, 2.24) is 9.80 Å². The number of hydrogen-bond acceptors (Lipinski definition) is 3. The van der Waals surface area contributed by atoms with Crippen LogP contribution in [-0.2, 0) is 4.79 Å². The van der Waals surface area contributed by atoms with Crippen molar-refractivity contribution in [3.05, 3.63) is 65.2 Å². The van der Waals surface area contributed by atoms with E-state index in [0.717, 1.165) is 25.1 Å². The number of carbonyl (C=O) groups is 2. The molecule has 1 N–H and O–H groups in total. The van der Waals surface area contributed by atoms with E-state index in [1.165, 1.54) is 0 Å². The van der Waals surface area contributed by atoms with Crippen molar-refractivity contribution in [2.75, 3.05) is 32.0 Å². The van der Waals surface area contributed by atoms with Crippen LogP contribution in [0.3, 0.4) is 0 Å². The van der Waals surface area contributed by atoms with Crippen molar-refractivity contribution in [2.24, 2.45) is 5.41 Å². The summed E-state index contributed by atoms with van der Waals surface area (Å²) >= 11 is 6.07. The van der Waals surface area contributed by atoms with Crippen LogP contribution in [0, 0.1) is 5.41 Å². The van der Waals surface area contributed by atoms with Gasteiger partial charge in [-0.3, -0.25) is 9.59 Å². The lowest BCUT2D eigenvalue weighted by molar-refractivity contribution is -0.127. The number of nitrogens with zero attached hydrogens (tertiary/aromatic N) is 2. The first kappa shape index (κ1) is 19.9. The molecule has 2 saturated heterocycles. The summed E-state index contributed by atoms with van der Waals surface area (Å²) in [4.78, 5) is 30.6. The fraction of sp³-hybridized carbons (Fsp3) is 0.391. The molecule has 2 aliphatic heterocycles. The Hall–Kier alpha value is -2.37. The van der Waals surface area contributed by atoms with Crippen LogP contribution in [0.25, 0.3) is 0 Å². The predicted molar refractivity (Wildman–Crippen MR) is 115 cm³/mol. The number of anilines is 1. The first-order chi connectivity index (χ1) is 14.0. The SMILES string of the molecule is CN1CC[C@@]2(C(=O)Nc3ccccc3)CCN(C(=O)c3cccc(Cl)c3)CC[C@@H]12. The summed E-state index contributed by atoms with van der Waals surface area (Å²) in [5.74, 6) is 0.0452. The second kappa shape index (κ2) is 8.17. The van der Waals surface area contributed by atoms with Gasteiger partial charge in [-0.25, -0.2) is 0 Å². The van der Waals surface area contributed by atoms with E-state index in [4.69, 9.17) is 11.6 Å². The molecule has 0 aliphatic carbocycles. The van der Waals surface area contributed by atoms with Gasteiger partial charge in [0.2, 0.25) is 5.91 Å². The molecule has 4 rings (SSSR count). The third kappa shape index (κ3) is 3.89. The van der Waals surface area contributed by atoms with Gasteiger partial charge in [-0.15, -0.1) is 0 Å². The second-order valence-corrected chi connectivity index (χ2v) is 8.50. The Kier molecular flexibility index (Phi) is 5.61. The van der Waals surface area contributed by atoms with E-state index in [0.29, 0.717) is 30.1 Å². The molecule has 2 aliphatic rings. The fourth-order valence-electron chi connectivity index (χ4n) is 4.80. The van der Waals surface area contributed by atoms with Crippen molar-refractivity contribution in [3.8, 4) is 0 Å². The molecule has 2 aromatic carbocycles. The van der Waals surface area contributed by atoms with Crippen molar-refractivity contribution in [1.29, 1.82) is 0 Å². The largest absolute Gasteiger partial charge is 0.339 e. The fourth-order valence-corrected chi connectivity index (χ4v) is 4.99. The third-order valence-corrected chi connectivity index (χ3v) is 6.66. The van der Waals surface area contributed by atoms with Gasteiger partial charge in [0.05, 0.1) is 5.41 Å². The van der Waals surface area contributed by atoms with E-state index in [9.17, 15) is 9.59 Å². The van der Waals surface area contributed by atoms with Crippen LogP contribution in [0.4, 0.5) is 5.69 Å². The highest BCUT2D eigenvalue weighted by Gasteiger charge is 2.52. The average Bonchev–Trinajstić information content (AvgIpc) is 2.93. The summed E-state index contributed by atoms with van der Waals surface area (Å²) in [6, 6.07) is 16.8. The molecule has 0 bridgehead atoms. The van der Waals surface area contributed by atoms with Gasteiger partial charge < -0.3 is 15.1 Å². The van der Waals surface area contributed by atoms with Gasteiger partial charge >= 0.3 is 0 Å². The summed E-state index contributed by atoms with van der Waals surface area (Å²) < 4.78 is 0. The van der Waals surface area contributed by atoms with E-state index in [1.807, 2.05) is 35.2 Å². The Labute approximate surface area is 176 Å².